The second kappa shape index (κ2) is 13.8. The summed E-state index contributed by atoms with van der Waals surface area (Å²) >= 11 is 0. The molecule has 306 valence electrons. The number of carbonyl (C=O) groups is 1. The lowest BCUT2D eigenvalue weighted by Gasteiger charge is -2.62. The molecule has 1 aromatic rings. The summed E-state index contributed by atoms with van der Waals surface area (Å²) in [4.78, 5) is 18.7. The van der Waals surface area contributed by atoms with Crippen LogP contribution in [-0.4, -0.2) is 82.9 Å². The number of carbonyl (C=O) groups excluding carboxylic acids is 1. The number of fused-ring (bicyclic) bond motifs is 13. The van der Waals surface area contributed by atoms with Gasteiger partial charge in [-0.05, 0) is 130 Å². The molecule has 1 saturated heterocycles. The van der Waals surface area contributed by atoms with E-state index in [-0.39, 0.29) is 59.9 Å². The Hall–Kier alpha value is -1.40. The van der Waals surface area contributed by atoms with Crippen LogP contribution in [0.3, 0.4) is 0 Å². The molecule has 8 aliphatic carbocycles. The van der Waals surface area contributed by atoms with Gasteiger partial charge in [-0.3, -0.25) is 4.79 Å². The zero-order chi connectivity index (χ0) is 38.9. The molecule has 10 heteroatoms. The lowest BCUT2D eigenvalue weighted by atomic mass is 9.44. The van der Waals surface area contributed by atoms with Gasteiger partial charge in [0.1, 0.15) is 0 Å². The van der Waals surface area contributed by atoms with Crippen molar-refractivity contribution in [3.8, 4) is 0 Å². The molecular formula is C46H64N2O6S2. The first-order valence-electron chi connectivity index (χ1n) is 22.2. The zero-order valence-corrected chi connectivity index (χ0v) is 35.2. The summed E-state index contributed by atoms with van der Waals surface area (Å²) in [6.45, 7) is 6.83. The molecule has 0 spiro atoms. The Morgan fingerprint density at radius 3 is 2.50 bits per heavy atom. The van der Waals surface area contributed by atoms with E-state index in [4.69, 9.17) is 0 Å². The standard InChI is InChI=1S/C46H64N2O6S2/c1-43(2)19-27(48-14-13-47-24-48)22-56-55-21-26-16-33(31-15-25-7-6-10-29-28-8-4-5-9-30(28)41(43)40(39(25)29)42(31)53)45(23-49)12-11-32-34(46(26,45)54)17-36(50)35-18-37(51)38(52)20-44(32,35)3/h13-14,17,24-28,31-33,35,37-38,40,42,49,51-54H,4-12,15-16,18-23H2,1-3H3. The Morgan fingerprint density at radius 2 is 1.71 bits per heavy atom. The van der Waals surface area contributed by atoms with Crippen LogP contribution in [0, 0.1) is 63.6 Å². The largest absolute Gasteiger partial charge is 0.396 e. The highest BCUT2D eigenvalue weighted by Gasteiger charge is 2.73. The Kier molecular flexibility index (Phi) is 9.57. The van der Waals surface area contributed by atoms with Crippen molar-refractivity contribution in [2.45, 2.75) is 141 Å². The van der Waals surface area contributed by atoms with Gasteiger partial charge in [0, 0.05) is 59.0 Å². The molecule has 15 unspecified atom stereocenters. The highest BCUT2D eigenvalue weighted by atomic mass is 33.1. The second-order valence-electron chi connectivity index (χ2n) is 20.8. The van der Waals surface area contributed by atoms with Gasteiger partial charge >= 0.3 is 0 Å². The van der Waals surface area contributed by atoms with Crippen LogP contribution in [0.5, 0.6) is 0 Å². The molecule has 1 aliphatic heterocycles. The molecule has 15 atom stereocenters. The van der Waals surface area contributed by atoms with E-state index < -0.39 is 40.7 Å². The Bertz CT molecular complexity index is 1840. The second-order valence-corrected chi connectivity index (χ2v) is 23.4. The number of ketones is 1. The number of hydrogen-bond donors (Lipinski definition) is 5. The van der Waals surface area contributed by atoms with Crippen LogP contribution < -0.4 is 0 Å². The highest BCUT2D eigenvalue weighted by Crippen LogP contribution is 2.72. The lowest BCUT2D eigenvalue weighted by molar-refractivity contribution is -0.172. The Balaban J connectivity index is 1.14. The molecule has 1 aromatic heterocycles. The molecule has 0 aromatic carbocycles. The van der Waals surface area contributed by atoms with Gasteiger partial charge in [0.25, 0.3) is 0 Å². The van der Waals surface area contributed by atoms with Gasteiger partial charge in [0.2, 0.25) is 0 Å². The molecule has 8 nitrogen and oxygen atoms in total. The molecule has 9 aliphatic rings. The van der Waals surface area contributed by atoms with Crippen LogP contribution in [0.15, 0.2) is 52.7 Å². The van der Waals surface area contributed by atoms with Gasteiger partial charge in [0.05, 0.1) is 36.8 Å². The number of imidazole rings is 1. The minimum atomic E-state index is -1.42. The summed E-state index contributed by atoms with van der Waals surface area (Å²) in [5, 5.41) is 61.0. The van der Waals surface area contributed by atoms with Gasteiger partial charge in [0.15, 0.2) is 5.78 Å². The molecule has 5 saturated carbocycles. The third kappa shape index (κ3) is 5.36. The maximum atomic E-state index is 14.2. The summed E-state index contributed by atoms with van der Waals surface area (Å²) in [5.41, 5.74) is 4.05. The SMILES string of the molecule is CC1(C)CC(n2ccnc2)CSSCC2CC(C3CC4CCCC5=C4C(C1=C1CCCCC51)C3O)C1(CO)CCC3C(=CC(=O)C4CC(O)C(O)CC43C)C21O. The number of aliphatic hydroxyl groups excluding tert-OH is 4. The fourth-order valence-electron chi connectivity index (χ4n) is 15.8. The van der Waals surface area contributed by atoms with E-state index in [2.05, 4.69) is 36.5 Å². The monoisotopic (exact) mass is 804 g/mol. The van der Waals surface area contributed by atoms with E-state index in [1.807, 2.05) is 34.1 Å². The molecule has 0 radical (unpaired) electrons. The quantitative estimate of drug-likeness (QED) is 0.155. The van der Waals surface area contributed by atoms with Crippen molar-refractivity contribution in [3.63, 3.8) is 0 Å². The van der Waals surface area contributed by atoms with Crippen molar-refractivity contribution in [3.05, 3.63) is 52.7 Å². The fraction of sp³-hybridized carbons (Fsp3) is 0.783. The van der Waals surface area contributed by atoms with Crippen molar-refractivity contribution >= 4 is 27.4 Å². The number of nitrogens with zero attached hydrogens (tertiary/aromatic N) is 2. The van der Waals surface area contributed by atoms with Gasteiger partial charge in [-0.1, -0.05) is 71.1 Å². The Morgan fingerprint density at radius 1 is 0.911 bits per heavy atom. The normalized spacial score (nSPS) is 48.6. The van der Waals surface area contributed by atoms with E-state index in [9.17, 15) is 30.3 Å². The van der Waals surface area contributed by atoms with Crippen LogP contribution in [0.25, 0.3) is 0 Å². The van der Waals surface area contributed by atoms with Crippen LogP contribution in [0.1, 0.15) is 117 Å². The number of allylic oxidation sites excluding steroid dienone is 3. The maximum absolute atomic E-state index is 14.2. The summed E-state index contributed by atoms with van der Waals surface area (Å²) < 4.78 is 2.29. The summed E-state index contributed by atoms with van der Waals surface area (Å²) in [6, 6.07) is 0.204. The molecule has 4 bridgehead atoms. The summed E-state index contributed by atoms with van der Waals surface area (Å²) in [6.07, 6.45) is 18.0. The van der Waals surface area contributed by atoms with Gasteiger partial charge in [-0.2, -0.15) is 0 Å². The first kappa shape index (κ1) is 38.8. The third-order valence-electron chi connectivity index (χ3n) is 18.1. The van der Waals surface area contributed by atoms with E-state index in [0.29, 0.717) is 43.3 Å². The summed E-state index contributed by atoms with van der Waals surface area (Å²) in [5.74, 6) is 1.45. The van der Waals surface area contributed by atoms with Crippen molar-refractivity contribution in [1.29, 1.82) is 0 Å². The van der Waals surface area contributed by atoms with Crippen LogP contribution in [0.4, 0.5) is 0 Å². The number of aromatic nitrogens is 2. The van der Waals surface area contributed by atoms with Crippen molar-refractivity contribution in [1.82, 2.24) is 9.55 Å². The van der Waals surface area contributed by atoms with Crippen molar-refractivity contribution in [2.24, 2.45) is 63.6 Å². The molecule has 5 N–H and O–H groups in total. The topological polar surface area (TPSA) is 136 Å². The molecule has 10 rings (SSSR count). The van der Waals surface area contributed by atoms with Gasteiger partial charge in [-0.15, -0.1) is 0 Å². The first-order chi connectivity index (χ1) is 26.8. The molecule has 0 amide bonds. The number of rotatable bonds is 2. The van der Waals surface area contributed by atoms with Gasteiger partial charge in [-0.25, -0.2) is 4.98 Å². The highest BCUT2D eigenvalue weighted by molar-refractivity contribution is 8.76. The molecule has 2 heterocycles. The maximum Gasteiger partial charge on any atom is 0.159 e. The van der Waals surface area contributed by atoms with E-state index >= 15 is 0 Å². The average Bonchev–Trinajstić information content (AvgIpc) is 3.80. The minimum Gasteiger partial charge on any atom is -0.396 e. The lowest BCUT2D eigenvalue weighted by Crippen LogP contribution is -2.65. The smallest absolute Gasteiger partial charge is 0.159 e. The van der Waals surface area contributed by atoms with E-state index in [0.717, 1.165) is 43.4 Å². The molecular weight excluding hydrogens is 741 g/mol. The number of aliphatic hydroxyl groups is 5. The van der Waals surface area contributed by atoms with Crippen LogP contribution >= 0.6 is 21.6 Å². The minimum absolute atomic E-state index is 0.0358. The Labute approximate surface area is 340 Å². The molecule has 6 fully saturated rings. The predicted octanol–water partition coefficient (Wildman–Crippen LogP) is 7.23. The summed E-state index contributed by atoms with van der Waals surface area (Å²) in [7, 11) is 3.69. The van der Waals surface area contributed by atoms with E-state index in [1.165, 1.54) is 31.3 Å². The first-order valence-corrected chi connectivity index (χ1v) is 24.6. The number of hydrogen-bond acceptors (Lipinski definition) is 9. The van der Waals surface area contributed by atoms with Crippen molar-refractivity contribution in [2.75, 3.05) is 18.1 Å². The van der Waals surface area contributed by atoms with Crippen LogP contribution in [0.2, 0.25) is 0 Å². The van der Waals surface area contributed by atoms with Crippen LogP contribution in [-0.2, 0) is 4.79 Å². The average molecular weight is 805 g/mol. The third-order valence-corrected chi connectivity index (χ3v) is 20.6. The van der Waals surface area contributed by atoms with Gasteiger partial charge < -0.3 is 30.1 Å². The zero-order valence-electron chi connectivity index (χ0n) is 33.6. The van der Waals surface area contributed by atoms with Crippen molar-refractivity contribution < 1.29 is 30.3 Å². The van der Waals surface area contributed by atoms with E-state index in [1.54, 1.807) is 22.8 Å². The molecule has 56 heavy (non-hydrogen) atoms. The predicted molar refractivity (Wildman–Crippen MR) is 220 cm³/mol. The fourth-order valence-corrected chi connectivity index (χ4v) is 18.6.